The van der Waals surface area contributed by atoms with Crippen LogP contribution in [0, 0.1) is 6.92 Å². The summed E-state index contributed by atoms with van der Waals surface area (Å²) < 4.78 is 1.82. The molecule has 3 rings (SSSR count). The minimum atomic E-state index is 0.0381. The number of carbonyl (C=O) groups is 1. The maximum atomic E-state index is 12.4. The molecule has 1 aromatic heterocycles. The molecule has 0 radical (unpaired) electrons. The summed E-state index contributed by atoms with van der Waals surface area (Å²) >= 11 is 0. The Hall–Kier alpha value is -1.36. The summed E-state index contributed by atoms with van der Waals surface area (Å²) in [5.74, 6) is 0.0381. The Labute approximate surface area is 120 Å². The van der Waals surface area contributed by atoms with Gasteiger partial charge in [0, 0.05) is 30.9 Å². The molecule has 1 aromatic rings. The molecule has 5 nitrogen and oxygen atoms in total. The number of piperidine rings is 1. The van der Waals surface area contributed by atoms with Crippen LogP contribution in [0.1, 0.15) is 48.7 Å². The summed E-state index contributed by atoms with van der Waals surface area (Å²) in [6, 6.07) is 1.62. The van der Waals surface area contributed by atoms with E-state index in [1.54, 1.807) is 0 Å². The number of amides is 1. The average Bonchev–Trinajstić information content (AvgIpc) is 2.87. The molecule has 20 heavy (non-hydrogen) atoms. The largest absolute Gasteiger partial charge is 0.349 e. The highest BCUT2D eigenvalue weighted by Crippen LogP contribution is 2.34. The van der Waals surface area contributed by atoms with E-state index >= 15 is 0 Å². The number of hydrogen-bond donors (Lipinski definition) is 1. The second-order valence-corrected chi connectivity index (χ2v) is 6.18. The van der Waals surface area contributed by atoms with E-state index in [0.29, 0.717) is 18.1 Å². The molecule has 1 amide bonds. The van der Waals surface area contributed by atoms with Crippen molar-refractivity contribution in [1.29, 1.82) is 0 Å². The highest BCUT2D eigenvalue weighted by Gasteiger charge is 2.38. The fourth-order valence-electron chi connectivity index (χ4n) is 3.70. The predicted molar refractivity (Wildman–Crippen MR) is 77.7 cm³/mol. The summed E-state index contributed by atoms with van der Waals surface area (Å²) in [6.07, 6.45) is 6.58. The molecule has 0 saturated carbocycles. The van der Waals surface area contributed by atoms with Crippen LogP contribution >= 0.6 is 0 Å². The Balaban J connectivity index is 1.66. The van der Waals surface area contributed by atoms with Crippen molar-refractivity contribution in [1.82, 2.24) is 20.0 Å². The van der Waals surface area contributed by atoms with E-state index in [2.05, 4.69) is 22.4 Å². The van der Waals surface area contributed by atoms with E-state index < -0.39 is 0 Å². The molecule has 2 aliphatic heterocycles. The van der Waals surface area contributed by atoms with Gasteiger partial charge in [-0.1, -0.05) is 0 Å². The maximum absolute atomic E-state index is 12.4. The Morgan fingerprint density at radius 3 is 2.60 bits per heavy atom. The van der Waals surface area contributed by atoms with Gasteiger partial charge < -0.3 is 10.2 Å². The van der Waals surface area contributed by atoms with Crippen molar-refractivity contribution in [2.24, 2.45) is 0 Å². The number of nitrogens with zero attached hydrogens (tertiary/aromatic N) is 3. The van der Waals surface area contributed by atoms with E-state index in [4.69, 9.17) is 0 Å². The lowest BCUT2D eigenvalue weighted by atomic mass is 9.97. The second-order valence-electron chi connectivity index (χ2n) is 6.18. The predicted octanol–water partition coefficient (Wildman–Crippen LogP) is 1.57. The van der Waals surface area contributed by atoms with Crippen LogP contribution in [-0.4, -0.2) is 45.8 Å². The first-order valence-electron chi connectivity index (χ1n) is 7.65. The molecule has 0 aromatic carbocycles. The average molecular weight is 276 g/mol. The number of rotatable bonds is 3. The summed E-state index contributed by atoms with van der Waals surface area (Å²) in [6.45, 7) is 4.73. The van der Waals surface area contributed by atoms with Gasteiger partial charge in [0.25, 0.3) is 5.91 Å². The van der Waals surface area contributed by atoms with Crippen LogP contribution in [0.3, 0.4) is 0 Å². The van der Waals surface area contributed by atoms with Crippen LogP contribution < -0.4 is 5.32 Å². The lowest BCUT2D eigenvalue weighted by molar-refractivity contribution is 0.0882. The van der Waals surface area contributed by atoms with Crippen LogP contribution in [0.5, 0.6) is 0 Å². The molecule has 0 spiro atoms. The topological polar surface area (TPSA) is 50.2 Å². The van der Waals surface area contributed by atoms with E-state index in [9.17, 15) is 4.79 Å². The zero-order chi connectivity index (χ0) is 14.3. The summed E-state index contributed by atoms with van der Waals surface area (Å²) in [5, 5.41) is 7.56. The lowest BCUT2D eigenvalue weighted by Gasteiger charge is -2.36. The van der Waals surface area contributed by atoms with Gasteiger partial charge in [-0.2, -0.15) is 5.10 Å². The second kappa shape index (κ2) is 5.20. The van der Waals surface area contributed by atoms with Crippen LogP contribution in [0.4, 0.5) is 0 Å². The number of carbonyl (C=O) groups excluding carboxylic acids is 1. The molecule has 110 valence electrons. The summed E-state index contributed by atoms with van der Waals surface area (Å²) in [5.41, 5.74) is 1.54. The molecular formula is C15H24N4O. The molecule has 5 heteroatoms. The molecule has 2 fully saturated rings. The van der Waals surface area contributed by atoms with E-state index in [0.717, 1.165) is 30.6 Å². The van der Waals surface area contributed by atoms with Crippen molar-refractivity contribution >= 4 is 5.91 Å². The number of hydrogen-bond acceptors (Lipinski definition) is 3. The van der Waals surface area contributed by atoms with E-state index in [1.807, 2.05) is 24.7 Å². The molecule has 0 aliphatic carbocycles. The van der Waals surface area contributed by atoms with Gasteiger partial charge in [-0.3, -0.25) is 9.48 Å². The zero-order valence-electron chi connectivity index (χ0n) is 12.6. The van der Waals surface area contributed by atoms with Crippen molar-refractivity contribution in [2.75, 3.05) is 7.05 Å². The van der Waals surface area contributed by atoms with Gasteiger partial charge in [0.2, 0.25) is 0 Å². The smallest absolute Gasteiger partial charge is 0.254 e. The van der Waals surface area contributed by atoms with Crippen molar-refractivity contribution in [3.8, 4) is 0 Å². The van der Waals surface area contributed by atoms with Crippen LogP contribution in [0.15, 0.2) is 6.20 Å². The molecule has 2 unspecified atom stereocenters. The zero-order valence-corrected chi connectivity index (χ0v) is 12.6. The van der Waals surface area contributed by atoms with Crippen molar-refractivity contribution < 1.29 is 4.79 Å². The molecule has 2 atom stereocenters. The van der Waals surface area contributed by atoms with Gasteiger partial charge in [-0.05, 0) is 46.6 Å². The fraction of sp³-hybridized carbons (Fsp3) is 0.733. The highest BCUT2D eigenvalue weighted by atomic mass is 16.1. The number of aromatic nitrogens is 2. The first-order chi connectivity index (χ1) is 9.58. The first-order valence-corrected chi connectivity index (χ1v) is 7.65. The van der Waals surface area contributed by atoms with Gasteiger partial charge in [-0.25, -0.2) is 0 Å². The quantitative estimate of drug-likeness (QED) is 0.911. The molecule has 2 bridgehead atoms. The summed E-state index contributed by atoms with van der Waals surface area (Å²) in [4.78, 5) is 14.9. The Morgan fingerprint density at radius 2 is 2.05 bits per heavy atom. The third-order valence-corrected chi connectivity index (χ3v) is 4.95. The van der Waals surface area contributed by atoms with Crippen LogP contribution in [0.2, 0.25) is 0 Å². The summed E-state index contributed by atoms with van der Waals surface area (Å²) in [7, 11) is 2.22. The number of aryl methyl sites for hydroxylation is 2. The third-order valence-electron chi connectivity index (χ3n) is 4.95. The standard InChI is InChI=1S/C15H24N4O/c1-4-19-9-14(10(2)17-19)15(20)16-11-7-12-5-6-13(8-11)18(12)3/h9,11-13H,4-8H2,1-3H3,(H,16,20). The Bertz CT molecular complexity index is 496. The lowest BCUT2D eigenvalue weighted by Crippen LogP contribution is -2.48. The molecular weight excluding hydrogens is 252 g/mol. The van der Waals surface area contributed by atoms with Crippen molar-refractivity contribution in [2.45, 2.75) is 64.2 Å². The van der Waals surface area contributed by atoms with E-state index in [1.165, 1.54) is 12.8 Å². The minimum Gasteiger partial charge on any atom is -0.349 e. The normalized spacial score (nSPS) is 29.6. The van der Waals surface area contributed by atoms with Crippen LogP contribution in [0.25, 0.3) is 0 Å². The van der Waals surface area contributed by atoms with Gasteiger partial charge in [-0.15, -0.1) is 0 Å². The van der Waals surface area contributed by atoms with Gasteiger partial charge in [0.15, 0.2) is 0 Å². The molecule has 2 saturated heterocycles. The highest BCUT2D eigenvalue weighted by molar-refractivity contribution is 5.95. The van der Waals surface area contributed by atoms with Gasteiger partial charge in [0.1, 0.15) is 0 Å². The molecule has 1 N–H and O–H groups in total. The van der Waals surface area contributed by atoms with Gasteiger partial charge >= 0.3 is 0 Å². The SMILES string of the molecule is CCn1cc(C(=O)NC2CC3CCC(C2)N3C)c(C)n1. The van der Waals surface area contributed by atoms with Crippen molar-refractivity contribution in [3.63, 3.8) is 0 Å². The number of nitrogens with one attached hydrogen (secondary N) is 1. The first kappa shape index (κ1) is 13.6. The molecule has 2 aliphatic rings. The fourth-order valence-corrected chi connectivity index (χ4v) is 3.70. The minimum absolute atomic E-state index is 0.0381. The molecule has 3 heterocycles. The van der Waals surface area contributed by atoms with Gasteiger partial charge in [0.05, 0.1) is 11.3 Å². The Morgan fingerprint density at radius 1 is 1.40 bits per heavy atom. The van der Waals surface area contributed by atoms with Crippen molar-refractivity contribution in [3.05, 3.63) is 17.5 Å². The monoisotopic (exact) mass is 276 g/mol. The Kier molecular flexibility index (Phi) is 3.54. The maximum Gasteiger partial charge on any atom is 0.254 e. The number of fused-ring (bicyclic) bond motifs is 2. The third kappa shape index (κ3) is 2.35. The van der Waals surface area contributed by atoms with Crippen LogP contribution in [-0.2, 0) is 6.54 Å². The van der Waals surface area contributed by atoms with E-state index in [-0.39, 0.29) is 5.91 Å².